The van der Waals surface area contributed by atoms with Gasteiger partial charge in [0.25, 0.3) is 5.91 Å². The van der Waals surface area contributed by atoms with Crippen LogP contribution in [0.2, 0.25) is 0 Å². The van der Waals surface area contributed by atoms with Gasteiger partial charge in [-0.25, -0.2) is 4.79 Å². The number of benzene rings is 1. The third-order valence-electron chi connectivity index (χ3n) is 3.83. The molecule has 7 heteroatoms. The van der Waals surface area contributed by atoms with Crippen molar-refractivity contribution in [2.45, 2.75) is 20.0 Å². The number of thiophene rings is 1. The van der Waals surface area contributed by atoms with Gasteiger partial charge in [0.2, 0.25) is 0 Å². The van der Waals surface area contributed by atoms with Gasteiger partial charge < -0.3 is 14.5 Å². The molecule has 0 aliphatic rings. The third-order valence-corrected chi connectivity index (χ3v) is 4.70. The Labute approximate surface area is 153 Å². The quantitative estimate of drug-likeness (QED) is 0.532. The van der Waals surface area contributed by atoms with Crippen molar-refractivity contribution in [2.24, 2.45) is 0 Å². The zero-order valence-corrected chi connectivity index (χ0v) is 14.9. The van der Waals surface area contributed by atoms with Crippen molar-refractivity contribution < 1.29 is 18.7 Å². The van der Waals surface area contributed by atoms with Crippen molar-refractivity contribution in [3.63, 3.8) is 0 Å². The van der Waals surface area contributed by atoms with Crippen LogP contribution in [0.15, 0.2) is 51.0 Å². The molecule has 3 aromatic rings. The zero-order chi connectivity index (χ0) is 18.5. The fourth-order valence-electron chi connectivity index (χ4n) is 2.47. The summed E-state index contributed by atoms with van der Waals surface area (Å²) in [6.45, 7) is 1.70. The molecule has 0 unspecified atom stereocenters. The molecule has 0 fully saturated rings. The summed E-state index contributed by atoms with van der Waals surface area (Å²) in [5.41, 5.74) is 1.58. The van der Waals surface area contributed by atoms with E-state index in [0.29, 0.717) is 16.0 Å². The molecule has 0 aliphatic carbocycles. The Morgan fingerprint density at radius 3 is 2.81 bits per heavy atom. The van der Waals surface area contributed by atoms with Crippen LogP contribution in [-0.4, -0.2) is 18.4 Å². The SMILES string of the molecule is CCc1ccc2c(COC(=O)CNC(=O)c3cccs3)cc(=O)oc2c1. The summed E-state index contributed by atoms with van der Waals surface area (Å²) >= 11 is 1.29. The van der Waals surface area contributed by atoms with Gasteiger partial charge in [-0.3, -0.25) is 9.59 Å². The lowest BCUT2D eigenvalue weighted by atomic mass is 10.1. The molecule has 0 spiro atoms. The number of carbonyl (C=O) groups excluding carboxylic acids is 2. The van der Waals surface area contributed by atoms with Gasteiger partial charge in [0.1, 0.15) is 18.7 Å². The highest BCUT2D eigenvalue weighted by atomic mass is 32.1. The topological polar surface area (TPSA) is 85.6 Å². The second kappa shape index (κ2) is 7.97. The molecule has 0 saturated heterocycles. The predicted molar refractivity (Wildman–Crippen MR) is 98.3 cm³/mol. The molecule has 26 heavy (non-hydrogen) atoms. The summed E-state index contributed by atoms with van der Waals surface area (Å²) in [4.78, 5) is 35.9. The Hall–Kier alpha value is -2.93. The van der Waals surface area contributed by atoms with Crippen molar-refractivity contribution >= 4 is 34.2 Å². The number of ether oxygens (including phenoxy) is 1. The van der Waals surface area contributed by atoms with Gasteiger partial charge in [0.05, 0.1) is 4.88 Å². The fraction of sp³-hybridized carbons (Fsp3) is 0.211. The summed E-state index contributed by atoms with van der Waals surface area (Å²) in [5.74, 6) is -0.906. The summed E-state index contributed by atoms with van der Waals surface area (Å²) in [5, 5.41) is 5.00. The fourth-order valence-corrected chi connectivity index (χ4v) is 3.11. The van der Waals surface area contributed by atoms with Gasteiger partial charge in [-0.2, -0.15) is 0 Å². The average molecular weight is 371 g/mol. The van der Waals surface area contributed by atoms with Crippen LogP contribution < -0.4 is 10.9 Å². The van der Waals surface area contributed by atoms with Gasteiger partial charge in [-0.15, -0.1) is 11.3 Å². The first-order valence-corrected chi connectivity index (χ1v) is 8.97. The Morgan fingerprint density at radius 2 is 2.08 bits per heavy atom. The van der Waals surface area contributed by atoms with Gasteiger partial charge in [0.15, 0.2) is 0 Å². The lowest BCUT2D eigenvalue weighted by Gasteiger charge is -2.08. The number of hydrogen-bond acceptors (Lipinski definition) is 6. The molecule has 6 nitrogen and oxygen atoms in total. The second-order valence-electron chi connectivity index (χ2n) is 5.60. The van der Waals surface area contributed by atoms with Crippen molar-refractivity contribution in [1.82, 2.24) is 5.32 Å². The third kappa shape index (κ3) is 4.18. The maximum atomic E-state index is 11.9. The van der Waals surface area contributed by atoms with Crippen LogP contribution in [0.25, 0.3) is 11.0 Å². The summed E-state index contributed by atoms with van der Waals surface area (Å²) in [6, 6.07) is 10.3. The van der Waals surface area contributed by atoms with Crippen molar-refractivity contribution in [1.29, 1.82) is 0 Å². The number of nitrogens with one attached hydrogen (secondary N) is 1. The molecular formula is C19H17NO5S. The van der Waals surface area contributed by atoms with Crippen LogP contribution in [0, 0.1) is 0 Å². The molecule has 1 amide bonds. The molecule has 0 radical (unpaired) electrons. The maximum absolute atomic E-state index is 11.9. The highest BCUT2D eigenvalue weighted by molar-refractivity contribution is 7.12. The van der Waals surface area contributed by atoms with Crippen LogP contribution >= 0.6 is 11.3 Å². The van der Waals surface area contributed by atoms with Crippen LogP contribution in [0.1, 0.15) is 27.7 Å². The smallest absolute Gasteiger partial charge is 0.336 e. The summed E-state index contributed by atoms with van der Waals surface area (Å²) < 4.78 is 10.4. The first-order chi connectivity index (χ1) is 12.6. The minimum atomic E-state index is -0.582. The van der Waals surface area contributed by atoms with E-state index in [2.05, 4.69) is 5.32 Å². The first-order valence-electron chi connectivity index (χ1n) is 8.10. The predicted octanol–water partition coefficient (Wildman–Crippen LogP) is 2.89. The molecule has 1 N–H and O–H groups in total. The molecule has 2 aromatic heterocycles. The largest absolute Gasteiger partial charge is 0.459 e. The van der Waals surface area contributed by atoms with Crippen LogP contribution in [0.3, 0.4) is 0 Å². The van der Waals surface area contributed by atoms with E-state index in [1.807, 2.05) is 25.1 Å². The minimum absolute atomic E-state index is 0.0682. The normalized spacial score (nSPS) is 10.7. The van der Waals surface area contributed by atoms with Gasteiger partial charge in [-0.05, 0) is 29.5 Å². The molecule has 3 rings (SSSR count). The van der Waals surface area contributed by atoms with Crippen LogP contribution in [-0.2, 0) is 22.6 Å². The second-order valence-corrected chi connectivity index (χ2v) is 6.54. The van der Waals surface area contributed by atoms with Crippen LogP contribution in [0.5, 0.6) is 0 Å². The number of fused-ring (bicyclic) bond motifs is 1. The Balaban J connectivity index is 1.64. The van der Waals surface area contributed by atoms with Gasteiger partial charge >= 0.3 is 11.6 Å². The van der Waals surface area contributed by atoms with Gasteiger partial charge in [0, 0.05) is 17.0 Å². The van der Waals surface area contributed by atoms with Crippen molar-refractivity contribution in [2.75, 3.05) is 6.54 Å². The molecule has 0 atom stereocenters. The lowest BCUT2D eigenvalue weighted by Crippen LogP contribution is -2.30. The number of esters is 1. The van der Waals surface area contributed by atoms with E-state index < -0.39 is 11.6 Å². The van der Waals surface area contributed by atoms with E-state index in [-0.39, 0.29) is 19.1 Å². The molecular weight excluding hydrogens is 354 g/mol. The Bertz CT molecular complexity index is 991. The number of rotatable bonds is 6. The Kier molecular flexibility index (Phi) is 5.48. The Morgan fingerprint density at radius 1 is 1.23 bits per heavy atom. The van der Waals surface area contributed by atoms with E-state index in [4.69, 9.17) is 9.15 Å². The zero-order valence-electron chi connectivity index (χ0n) is 14.1. The number of carbonyl (C=O) groups is 2. The van der Waals surface area contributed by atoms with Gasteiger partial charge in [-0.1, -0.05) is 25.1 Å². The van der Waals surface area contributed by atoms with E-state index in [0.717, 1.165) is 17.4 Å². The monoisotopic (exact) mass is 371 g/mol. The van der Waals surface area contributed by atoms with E-state index >= 15 is 0 Å². The van der Waals surface area contributed by atoms with E-state index in [1.165, 1.54) is 17.4 Å². The molecule has 0 aliphatic heterocycles. The van der Waals surface area contributed by atoms with Crippen LogP contribution in [0.4, 0.5) is 0 Å². The summed E-state index contributed by atoms with van der Waals surface area (Å²) in [7, 11) is 0. The number of aryl methyl sites for hydroxylation is 1. The minimum Gasteiger partial charge on any atom is -0.459 e. The molecule has 2 heterocycles. The maximum Gasteiger partial charge on any atom is 0.336 e. The summed E-state index contributed by atoms with van der Waals surface area (Å²) in [6.07, 6.45) is 0.822. The molecule has 134 valence electrons. The number of amides is 1. The average Bonchev–Trinajstić information content (AvgIpc) is 3.18. The van der Waals surface area contributed by atoms with E-state index in [9.17, 15) is 14.4 Å². The molecule has 0 bridgehead atoms. The van der Waals surface area contributed by atoms with Crippen molar-refractivity contribution in [3.05, 3.63) is 68.2 Å². The first kappa shape index (κ1) is 17.9. The lowest BCUT2D eigenvalue weighted by molar-refractivity contribution is -0.143. The number of hydrogen-bond donors (Lipinski definition) is 1. The molecule has 0 saturated carbocycles. The highest BCUT2D eigenvalue weighted by Gasteiger charge is 2.12. The highest BCUT2D eigenvalue weighted by Crippen LogP contribution is 2.19. The van der Waals surface area contributed by atoms with E-state index in [1.54, 1.807) is 17.5 Å². The molecule has 1 aromatic carbocycles. The standard InChI is InChI=1S/C19H17NO5S/c1-2-12-5-6-14-13(9-17(21)25-15(14)8-12)11-24-18(22)10-20-19(23)16-4-3-7-26-16/h3-9H,2,10-11H2,1H3,(H,20,23). The van der Waals surface area contributed by atoms with Crippen molar-refractivity contribution in [3.8, 4) is 0 Å².